The van der Waals surface area contributed by atoms with Crippen molar-refractivity contribution in [3.05, 3.63) is 59.3 Å². The Morgan fingerprint density at radius 3 is 2.44 bits per heavy atom. The highest BCUT2D eigenvalue weighted by Gasteiger charge is 2.12. The van der Waals surface area contributed by atoms with E-state index >= 15 is 0 Å². The number of hydrogen-bond donors (Lipinski definition) is 1. The van der Waals surface area contributed by atoms with Gasteiger partial charge in [0.1, 0.15) is 5.76 Å². The average Bonchev–Trinajstić information content (AvgIpc) is 2.86. The Morgan fingerprint density at radius 1 is 1.22 bits per heavy atom. The van der Waals surface area contributed by atoms with E-state index in [1.807, 2.05) is 6.92 Å². The standard InChI is InChI=1S/C13H12F3NO/c1-8(12-3-2-4-18-12)17-7-9-5-10(14)13(16)11(15)6-9/h2-6,8,17H,7H2,1H3/t8-/m0/s1. The molecular formula is C13H12F3NO. The minimum atomic E-state index is -1.45. The van der Waals surface area contributed by atoms with Crippen LogP contribution in [0.25, 0.3) is 0 Å². The zero-order chi connectivity index (χ0) is 13.1. The fourth-order valence-electron chi connectivity index (χ4n) is 1.62. The van der Waals surface area contributed by atoms with Crippen molar-refractivity contribution >= 4 is 0 Å². The van der Waals surface area contributed by atoms with Crippen molar-refractivity contribution in [2.75, 3.05) is 0 Å². The first kappa shape index (κ1) is 12.7. The van der Waals surface area contributed by atoms with E-state index in [0.717, 1.165) is 17.9 Å². The first-order valence-corrected chi connectivity index (χ1v) is 5.48. The predicted octanol–water partition coefficient (Wildman–Crippen LogP) is 3.55. The van der Waals surface area contributed by atoms with E-state index in [1.165, 1.54) is 0 Å². The van der Waals surface area contributed by atoms with Gasteiger partial charge in [-0.2, -0.15) is 0 Å². The molecule has 0 spiro atoms. The first-order valence-electron chi connectivity index (χ1n) is 5.48. The molecule has 0 unspecified atom stereocenters. The molecule has 0 bridgehead atoms. The maximum atomic E-state index is 13.0. The molecule has 0 amide bonds. The monoisotopic (exact) mass is 255 g/mol. The highest BCUT2D eigenvalue weighted by Crippen LogP contribution is 2.16. The molecule has 1 atom stereocenters. The molecule has 0 fully saturated rings. The van der Waals surface area contributed by atoms with Crippen LogP contribution in [0.15, 0.2) is 34.9 Å². The van der Waals surface area contributed by atoms with Gasteiger partial charge in [0, 0.05) is 6.54 Å². The summed E-state index contributed by atoms with van der Waals surface area (Å²) in [6.45, 7) is 2.07. The van der Waals surface area contributed by atoms with E-state index in [2.05, 4.69) is 5.32 Å². The third-order valence-electron chi connectivity index (χ3n) is 2.63. The van der Waals surface area contributed by atoms with Crippen LogP contribution in [0, 0.1) is 17.5 Å². The minimum absolute atomic E-state index is 0.101. The van der Waals surface area contributed by atoms with Gasteiger partial charge in [-0.1, -0.05) is 0 Å². The first-order chi connectivity index (χ1) is 8.58. The van der Waals surface area contributed by atoms with Crippen LogP contribution >= 0.6 is 0 Å². The van der Waals surface area contributed by atoms with Gasteiger partial charge in [-0.3, -0.25) is 0 Å². The summed E-state index contributed by atoms with van der Waals surface area (Å²) in [7, 11) is 0. The van der Waals surface area contributed by atoms with Crippen LogP contribution in [-0.2, 0) is 6.54 Å². The minimum Gasteiger partial charge on any atom is -0.468 e. The highest BCUT2D eigenvalue weighted by molar-refractivity contribution is 5.19. The highest BCUT2D eigenvalue weighted by atomic mass is 19.2. The Hall–Kier alpha value is -1.75. The van der Waals surface area contributed by atoms with Crippen LogP contribution in [-0.4, -0.2) is 0 Å². The van der Waals surface area contributed by atoms with Crippen LogP contribution in [0.4, 0.5) is 13.2 Å². The second-order valence-electron chi connectivity index (χ2n) is 3.99. The second-order valence-corrected chi connectivity index (χ2v) is 3.99. The molecule has 5 heteroatoms. The van der Waals surface area contributed by atoms with Crippen molar-refractivity contribution in [1.29, 1.82) is 0 Å². The molecule has 0 aliphatic heterocycles. The molecule has 0 aliphatic rings. The van der Waals surface area contributed by atoms with Crippen LogP contribution in [0.2, 0.25) is 0 Å². The zero-order valence-corrected chi connectivity index (χ0v) is 9.71. The van der Waals surface area contributed by atoms with Gasteiger partial charge in [0.15, 0.2) is 17.5 Å². The number of nitrogens with one attached hydrogen (secondary N) is 1. The summed E-state index contributed by atoms with van der Waals surface area (Å²) in [6.07, 6.45) is 1.55. The topological polar surface area (TPSA) is 25.2 Å². The third kappa shape index (κ3) is 2.73. The number of halogens is 3. The lowest BCUT2D eigenvalue weighted by molar-refractivity contribution is 0.424. The number of rotatable bonds is 4. The fourth-order valence-corrected chi connectivity index (χ4v) is 1.62. The summed E-state index contributed by atoms with van der Waals surface area (Å²) < 4.78 is 43.9. The van der Waals surface area contributed by atoms with Gasteiger partial charge in [0.05, 0.1) is 12.3 Å². The molecule has 1 heterocycles. The van der Waals surface area contributed by atoms with Crippen molar-refractivity contribution in [3.63, 3.8) is 0 Å². The van der Waals surface area contributed by atoms with Crippen LogP contribution < -0.4 is 5.32 Å². The molecule has 2 aromatic rings. The Morgan fingerprint density at radius 2 is 1.89 bits per heavy atom. The molecule has 2 rings (SSSR count). The molecule has 1 N–H and O–H groups in total. The summed E-state index contributed by atoms with van der Waals surface area (Å²) in [4.78, 5) is 0. The maximum Gasteiger partial charge on any atom is 0.194 e. The molecule has 18 heavy (non-hydrogen) atoms. The Kier molecular flexibility index (Phi) is 3.72. The molecule has 1 aromatic heterocycles. The molecule has 2 nitrogen and oxygen atoms in total. The lowest BCUT2D eigenvalue weighted by Gasteiger charge is -2.11. The molecule has 96 valence electrons. The van der Waals surface area contributed by atoms with Gasteiger partial charge < -0.3 is 9.73 Å². The lowest BCUT2D eigenvalue weighted by atomic mass is 10.2. The van der Waals surface area contributed by atoms with E-state index in [1.54, 1.807) is 18.4 Å². The Balaban J connectivity index is 2.02. The average molecular weight is 255 g/mol. The normalized spacial score (nSPS) is 12.7. The maximum absolute atomic E-state index is 13.0. The van der Waals surface area contributed by atoms with Crippen molar-refractivity contribution in [3.8, 4) is 0 Å². The van der Waals surface area contributed by atoms with E-state index in [4.69, 9.17) is 4.42 Å². The Bertz CT molecular complexity index is 502. The predicted molar refractivity (Wildman–Crippen MR) is 60.3 cm³/mol. The van der Waals surface area contributed by atoms with Gasteiger partial charge in [0.25, 0.3) is 0 Å². The van der Waals surface area contributed by atoms with E-state index < -0.39 is 17.5 Å². The molecule has 0 radical (unpaired) electrons. The molecule has 0 saturated heterocycles. The number of benzene rings is 1. The molecule has 1 aromatic carbocycles. The smallest absolute Gasteiger partial charge is 0.194 e. The van der Waals surface area contributed by atoms with Gasteiger partial charge in [0.2, 0.25) is 0 Å². The van der Waals surface area contributed by atoms with Crippen molar-refractivity contribution in [1.82, 2.24) is 5.32 Å². The summed E-state index contributed by atoms with van der Waals surface area (Å²) in [6, 6.07) is 5.39. The third-order valence-corrected chi connectivity index (χ3v) is 2.63. The van der Waals surface area contributed by atoms with E-state index in [0.29, 0.717) is 5.56 Å². The van der Waals surface area contributed by atoms with Crippen LogP contribution in [0.3, 0.4) is 0 Å². The van der Waals surface area contributed by atoms with Crippen molar-refractivity contribution in [2.24, 2.45) is 0 Å². The van der Waals surface area contributed by atoms with Gasteiger partial charge in [-0.15, -0.1) is 0 Å². The largest absolute Gasteiger partial charge is 0.468 e. The fraction of sp³-hybridized carbons (Fsp3) is 0.231. The molecule has 0 aliphatic carbocycles. The van der Waals surface area contributed by atoms with Gasteiger partial charge in [-0.05, 0) is 36.8 Å². The summed E-state index contributed by atoms with van der Waals surface area (Å²) in [5.74, 6) is -3.09. The molecular weight excluding hydrogens is 243 g/mol. The lowest BCUT2D eigenvalue weighted by Crippen LogP contribution is -2.18. The second kappa shape index (κ2) is 5.27. The SMILES string of the molecule is C[C@H](NCc1cc(F)c(F)c(F)c1)c1ccco1. The number of furan rings is 1. The molecule has 0 saturated carbocycles. The van der Waals surface area contributed by atoms with E-state index in [-0.39, 0.29) is 12.6 Å². The summed E-state index contributed by atoms with van der Waals surface area (Å²) >= 11 is 0. The van der Waals surface area contributed by atoms with E-state index in [9.17, 15) is 13.2 Å². The van der Waals surface area contributed by atoms with Gasteiger partial charge in [-0.25, -0.2) is 13.2 Å². The van der Waals surface area contributed by atoms with Crippen molar-refractivity contribution in [2.45, 2.75) is 19.5 Å². The van der Waals surface area contributed by atoms with Crippen LogP contribution in [0.5, 0.6) is 0 Å². The summed E-state index contributed by atoms with van der Waals surface area (Å²) in [5, 5.41) is 3.03. The summed E-state index contributed by atoms with van der Waals surface area (Å²) in [5.41, 5.74) is 0.338. The quantitative estimate of drug-likeness (QED) is 0.845. The Labute approximate surface area is 102 Å². The van der Waals surface area contributed by atoms with Crippen molar-refractivity contribution < 1.29 is 17.6 Å². The van der Waals surface area contributed by atoms with Crippen LogP contribution in [0.1, 0.15) is 24.3 Å². The zero-order valence-electron chi connectivity index (χ0n) is 9.71. The number of hydrogen-bond acceptors (Lipinski definition) is 2. The van der Waals surface area contributed by atoms with Gasteiger partial charge >= 0.3 is 0 Å².